The van der Waals surface area contributed by atoms with Gasteiger partial charge in [-0.3, -0.25) is 4.79 Å². The van der Waals surface area contributed by atoms with Crippen molar-refractivity contribution in [3.63, 3.8) is 0 Å². The van der Waals surface area contributed by atoms with Gasteiger partial charge in [0.1, 0.15) is 17.2 Å². The second kappa shape index (κ2) is 8.56. The van der Waals surface area contributed by atoms with E-state index in [1.54, 1.807) is 22.8 Å². The second-order valence-electron chi connectivity index (χ2n) is 7.81. The first kappa shape index (κ1) is 22.1. The number of fused-ring (bicyclic) bond motifs is 3. The molecule has 172 valence electrons. The summed E-state index contributed by atoms with van der Waals surface area (Å²) >= 11 is 0. The first-order valence-corrected chi connectivity index (χ1v) is 11.8. The monoisotopic (exact) mass is 481 g/mol. The molecular formula is C24H19F2N4O3S+. The van der Waals surface area contributed by atoms with Gasteiger partial charge in [0.2, 0.25) is 4.90 Å². The van der Waals surface area contributed by atoms with Crippen LogP contribution in [0.25, 0.3) is 21.8 Å². The van der Waals surface area contributed by atoms with Crippen molar-refractivity contribution in [1.82, 2.24) is 19.3 Å². The average molecular weight is 482 g/mol. The van der Waals surface area contributed by atoms with Gasteiger partial charge in [0.05, 0.1) is 29.8 Å². The Hall–Kier alpha value is -3.73. The number of aromatic amines is 1. The fourth-order valence-electron chi connectivity index (χ4n) is 3.87. The van der Waals surface area contributed by atoms with E-state index in [0.29, 0.717) is 28.4 Å². The molecule has 0 bridgehead atoms. The molecule has 0 aliphatic rings. The van der Waals surface area contributed by atoms with Gasteiger partial charge >= 0.3 is 10.4 Å². The highest BCUT2D eigenvalue weighted by atomic mass is 32.3. The molecule has 3 heterocycles. The van der Waals surface area contributed by atoms with Gasteiger partial charge in [-0.2, -0.15) is 4.55 Å². The third-order valence-electron chi connectivity index (χ3n) is 5.55. The Labute approximate surface area is 193 Å². The summed E-state index contributed by atoms with van der Waals surface area (Å²) < 4.78 is 55.4. The zero-order chi connectivity index (χ0) is 23.9. The molecule has 0 saturated heterocycles. The van der Waals surface area contributed by atoms with Gasteiger partial charge in [0.25, 0.3) is 5.56 Å². The van der Waals surface area contributed by atoms with Crippen molar-refractivity contribution < 1.29 is 17.5 Å². The SMILES string of the molecule is O=c1[nH]ccc2c1ncc1c2c([S+](=O)(O)NCc2ccc(F)cc2)cn1Cc1ccc(F)cc1. The van der Waals surface area contributed by atoms with Gasteiger partial charge in [-0.15, -0.1) is 0 Å². The predicted octanol–water partition coefficient (Wildman–Crippen LogP) is 4.24. The number of halogens is 2. The van der Waals surface area contributed by atoms with E-state index in [1.165, 1.54) is 55.0 Å². The van der Waals surface area contributed by atoms with Crippen LogP contribution in [0.2, 0.25) is 0 Å². The van der Waals surface area contributed by atoms with E-state index >= 15 is 0 Å². The Morgan fingerprint density at radius 3 is 2.32 bits per heavy atom. The second-order valence-corrected chi connectivity index (χ2v) is 9.59. The quantitative estimate of drug-likeness (QED) is 0.316. The van der Waals surface area contributed by atoms with Gasteiger partial charge in [-0.25, -0.2) is 13.8 Å². The highest BCUT2D eigenvalue weighted by molar-refractivity contribution is 7.96. The number of pyridine rings is 2. The van der Waals surface area contributed by atoms with Crippen molar-refractivity contribution >= 4 is 32.2 Å². The van der Waals surface area contributed by atoms with Crippen LogP contribution in [0.1, 0.15) is 11.1 Å². The lowest BCUT2D eigenvalue weighted by molar-refractivity contribution is 0.483. The van der Waals surface area contributed by atoms with Gasteiger partial charge < -0.3 is 9.55 Å². The summed E-state index contributed by atoms with van der Waals surface area (Å²) in [6.45, 7) is 0.310. The van der Waals surface area contributed by atoms with Crippen molar-refractivity contribution in [2.45, 2.75) is 18.0 Å². The summed E-state index contributed by atoms with van der Waals surface area (Å²) in [5.41, 5.74) is 1.67. The Kier molecular flexibility index (Phi) is 5.56. The first-order valence-electron chi connectivity index (χ1n) is 10.3. The van der Waals surface area contributed by atoms with E-state index in [1.807, 2.05) is 0 Å². The minimum atomic E-state index is -3.79. The van der Waals surface area contributed by atoms with Crippen molar-refractivity contribution in [3.8, 4) is 0 Å². The number of hydrogen-bond acceptors (Lipinski definition) is 3. The Morgan fingerprint density at radius 2 is 1.65 bits per heavy atom. The van der Waals surface area contributed by atoms with E-state index in [0.717, 1.165) is 5.56 Å². The number of aromatic nitrogens is 3. The molecule has 5 rings (SSSR count). The molecule has 34 heavy (non-hydrogen) atoms. The molecule has 0 saturated carbocycles. The summed E-state index contributed by atoms with van der Waals surface area (Å²) in [4.78, 5) is 19.2. The maximum absolute atomic E-state index is 13.5. The Morgan fingerprint density at radius 1 is 1.00 bits per heavy atom. The number of nitrogens with one attached hydrogen (secondary N) is 2. The number of H-pyrrole nitrogens is 1. The van der Waals surface area contributed by atoms with Gasteiger partial charge in [-0.1, -0.05) is 29.0 Å². The molecule has 0 radical (unpaired) electrons. The molecule has 7 nitrogen and oxygen atoms in total. The van der Waals surface area contributed by atoms with E-state index in [-0.39, 0.29) is 22.8 Å². The molecule has 0 fully saturated rings. The molecule has 10 heteroatoms. The largest absolute Gasteiger partial charge is 0.337 e. The summed E-state index contributed by atoms with van der Waals surface area (Å²) in [6.07, 6.45) is 4.48. The number of benzene rings is 2. The molecule has 3 N–H and O–H groups in total. The Balaban J connectivity index is 1.63. The van der Waals surface area contributed by atoms with Crippen molar-refractivity contribution in [3.05, 3.63) is 106 Å². The molecule has 3 aromatic heterocycles. The van der Waals surface area contributed by atoms with Crippen LogP contribution in [0.15, 0.2) is 82.9 Å². The third kappa shape index (κ3) is 4.14. The molecule has 5 aromatic rings. The van der Waals surface area contributed by atoms with Crippen LogP contribution < -0.4 is 10.3 Å². The lowest BCUT2D eigenvalue weighted by Crippen LogP contribution is -2.29. The first-order chi connectivity index (χ1) is 16.3. The van der Waals surface area contributed by atoms with Crippen molar-refractivity contribution in [2.75, 3.05) is 0 Å². The summed E-state index contributed by atoms with van der Waals surface area (Å²) in [7, 11) is -3.79. The molecule has 2 aromatic carbocycles. The van der Waals surface area contributed by atoms with Gasteiger partial charge in [-0.05, 0) is 45.7 Å². The number of nitrogens with zero attached hydrogens (tertiary/aromatic N) is 2. The van der Waals surface area contributed by atoms with Crippen LogP contribution in [0.3, 0.4) is 0 Å². The Bertz CT molecular complexity index is 1610. The molecule has 0 aliphatic heterocycles. The zero-order valence-electron chi connectivity index (χ0n) is 17.7. The minimum absolute atomic E-state index is 0.0177. The van der Waals surface area contributed by atoms with Crippen LogP contribution in [0, 0.1) is 11.6 Å². The van der Waals surface area contributed by atoms with E-state index in [9.17, 15) is 22.3 Å². The third-order valence-corrected chi connectivity index (χ3v) is 7.00. The van der Waals surface area contributed by atoms with Crippen LogP contribution in [0.4, 0.5) is 8.78 Å². The lowest BCUT2D eigenvalue weighted by Gasteiger charge is -2.06. The molecule has 1 unspecified atom stereocenters. The lowest BCUT2D eigenvalue weighted by atomic mass is 10.2. The van der Waals surface area contributed by atoms with E-state index < -0.39 is 21.8 Å². The summed E-state index contributed by atoms with van der Waals surface area (Å²) in [5.74, 6) is -0.765. The van der Waals surface area contributed by atoms with E-state index in [2.05, 4.69) is 14.7 Å². The van der Waals surface area contributed by atoms with Gasteiger partial charge in [0, 0.05) is 18.1 Å². The van der Waals surface area contributed by atoms with Gasteiger partial charge in [0.15, 0.2) is 0 Å². The normalized spacial score (nSPS) is 13.4. The van der Waals surface area contributed by atoms with Crippen molar-refractivity contribution in [2.24, 2.45) is 0 Å². The van der Waals surface area contributed by atoms with Crippen molar-refractivity contribution in [1.29, 1.82) is 0 Å². The standard InChI is InChI=1S/C24H18F2N4O3S/c25-17-5-1-15(2-6-17)11-29-34(32,33)21-14-30(13-16-3-7-18(26)8-4-16)20-12-28-23-19(22(20)21)9-10-27-24(23)31/h1-10,12,14H,11,13H2,(H2-,27,29,31,32,33)/p+1. The number of hydrogen-bond donors (Lipinski definition) is 3. The molecular weight excluding hydrogens is 462 g/mol. The minimum Gasteiger partial charge on any atom is -0.337 e. The molecule has 0 spiro atoms. The highest BCUT2D eigenvalue weighted by Crippen LogP contribution is 2.33. The maximum atomic E-state index is 13.5. The maximum Gasteiger partial charge on any atom is 0.325 e. The van der Waals surface area contributed by atoms with Crippen LogP contribution in [-0.2, 0) is 27.7 Å². The van der Waals surface area contributed by atoms with Crippen LogP contribution >= 0.6 is 0 Å². The smallest absolute Gasteiger partial charge is 0.325 e. The number of rotatable bonds is 6. The average Bonchev–Trinajstić information content (AvgIpc) is 3.20. The van der Waals surface area contributed by atoms with Crippen LogP contribution in [-0.4, -0.2) is 19.1 Å². The summed E-state index contributed by atoms with van der Waals surface area (Å²) in [5, 5.41) is 0.844. The highest BCUT2D eigenvalue weighted by Gasteiger charge is 2.35. The fraction of sp³-hybridized carbons (Fsp3) is 0.0833. The fourth-order valence-corrected chi connectivity index (χ4v) is 5.15. The van der Waals surface area contributed by atoms with E-state index in [4.69, 9.17) is 0 Å². The topological polar surface area (TPSA) is 100 Å². The predicted molar refractivity (Wildman–Crippen MR) is 126 cm³/mol. The molecule has 0 aliphatic carbocycles. The molecule has 1 atom stereocenters. The zero-order valence-corrected chi connectivity index (χ0v) is 18.5. The van der Waals surface area contributed by atoms with Crippen LogP contribution in [0.5, 0.6) is 0 Å². The molecule has 0 amide bonds. The summed E-state index contributed by atoms with van der Waals surface area (Å²) in [6, 6.07) is 13.2.